The first-order valence-electron chi connectivity index (χ1n) is 9.63. The van der Waals surface area contributed by atoms with E-state index < -0.39 is 5.91 Å². The molecule has 0 spiro atoms. The summed E-state index contributed by atoms with van der Waals surface area (Å²) in [5.41, 5.74) is 10.8. The molecule has 4 nitrogen and oxygen atoms in total. The van der Waals surface area contributed by atoms with Crippen LogP contribution in [0.3, 0.4) is 0 Å². The summed E-state index contributed by atoms with van der Waals surface area (Å²) in [5.74, 6) is -0.468. The zero-order chi connectivity index (χ0) is 21.5. The van der Waals surface area contributed by atoms with Gasteiger partial charge in [0.1, 0.15) is 0 Å². The largest absolute Gasteiger partial charge is 0.366 e. The second kappa shape index (κ2) is 7.73. The van der Waals surface area contributed by atoms with Crippen molar-refractivity contribution in [3.63, 3.8) is 0 Å². The number of carbonyl (C=O) groups excluding carboxylic acids is 1. The van der Waals surface area contributed by atoms with Gasteiger partial charge in [-0.15, -0.1) is 0 Å². The molecule has 5 aromatic rings. The molecule has 0 atom stereocenters. The Balaban J connectivity index is 1.82. The summed E-state index contributed by atoms with van der Waals surface area (Å²) in [4.78, 5) is 16.4. The van der Waals surface area contributed by atoms with Crippen molar-refractivity contribution in [2.45, 2.75) is 6.54 Å². The Morgan fingerprint density at radius 1 is 1.06 bits per heavy atom. The van der Waals surface area contributed by atoms with Gasteiger partial charge < -0.3 is 10.3 Å². The molecule has 0 aliphatic heterocycles. The summed E-state index contributed by atoms with van der Waals surface area (Å²) in [6.07, 6.45) is 3.58. The molecular weight excluding hydrogens is 429 g/mol. The number of primary amides is 1. The van der Waals surface area contributed by atoms with Crippen LogP contribution in [0.1, 0.15) is 15.9 Å². The highest BCUT2D eigenvalue weighted by atomic mass is 35.5. The normalized spacial score (nSPS) is 11.3. The molecular formula is C25H16Cl2N3O. The van der Waals surface area contributed by atoms with Crippen LogP contribution >= 0.6 is 23.2 Å². The molecule has 2 aromatic heterocycles. The van der Waals surface area contributed by atoms with E-state index in [9.17, 15) is 4.79 Å². The number of hydrogen-bond acceptors (Lipinski definition) is 2. The Kier molecular flexibility index (Phi) is 4.89. The first-order valence-corrected chi connectivity index (χ1v) is 10.4. The van der Waals surface area contributed by atoms with Crippen LogP contribution in [0.4, 0.5) is 0 Å². The van der Waals surface area contributed by atoms with E-state index in [4.69, 9.17) is 28.9 Å². The molecule has 6 heteroatoms. The molecule has 0 aliphatic carbocycles. The molecule has 2 N–H and O–H groups in total. The van der Waals surface area contributed by atoms with Crippen molar-refractivity contribution in [1.29, 1.82) is 0 Å². The number of benzene rings is 3. The lowest BCUT2D eigenvalue weighted by molar-refractivity contribution is 0.100. The van der Waals surface area contributed by atoms with Crippen molar-refractivity contribution in [3.8, 4) is 11.1 Å². The topological polar surface area (TPSA) is 60.9 Å². The zero-order valence-electron chi connectivity index (χ0n) is 16.3. The van der Waals surface area contributed by atoms with Crippen LogP contribution in [0, 0.1) is 6.07 Å². The van der Waals surface area contributed by atoms with E-state index in [0.717, 1.165) is 38.5 Å². The van der Waals surface area contributed by atoms with Crippen molar-refractivity contribution in [2.75, 3.05) is 0 Å². The molecule has 0 bridgehead atoms. The van der Waals surface area contributed by atoms with Gasteiger partial charge in [-0.3, -0.25) is 9.78 Å². The molecule has 1 amide bonds. The third kappa shape index (κ3) is 3.44. The van der Waals surface area contributed by atoms with Crippen LogP contribution in [0.25, 0.3) is 32.9 Å². The number of hydrogen-bond donors (Lipinski definition) is 1. The van der Waals surface area contributed by atoms with Crippen molar-refractivity contribution < 1.29 is 4.79 Å². The first kappa shape index (κ1) is 19.6. The van der Waals surface area contributed by atoms with Gasteiger partial charge >= 0.3 is 0 Å². The molecule has 5 rings (SSSR count). The second-order valence-electron chi connectivity index (χ2n) is 7.28. The van der Waals surface area contributed by atoms with Gasteiger partial charge in [0.25, 0.3) is 0 Å². The summed E-state index contributed by atoms with van der Waals surface area (Å²) in [5, 5.41) is 2.77. The fraction of sp³-hybridized carbons (Fsp3) is 0.0400. The maximum absolute atomic E-state index is 12.2. The monoisotopic (exact) mass is 444 g/mol. The second-order valence-corrected chi connectivity index (χ2v) is 8.13. The predicted molar refractivity (Wildman–Crippen MR) is 126 cm³/mol. The van der Waals surface area contributed by atoms with Crippen LogP contribution in [0.5, 0.6) is 0 Å². The molecule has 0 saturated heterocycles. The maximum atomic E-state index is 12.2. The van der Waals surface area contributed by atoms with Gasteiger partial charge in [-0.25, -0.2) is 0 Å². The molecule has 0 saturated carbocycles. The number of pyridine rings is 1. The Labute approximate surface area is 188 Å². The number of nitrogens with zero attached hydrogens (tertiary/aromatic N) is 2. The summed E-state index contributed by atoms with van der Waals surface area (Å²) >= 11 is 12.5. The quantitative estimate of drug-likeness (QED) is 0.363. The molecule has 0 unspecified atom stereocenters. The van der Waals surface area contributed by atoms with E-state index in [1.165, 1.54) is 0 Å². The van der Waals surface area contributed by atoms with E-state index in [2.05, 4.69) is 21.7 Å². The minimum atomic E-state index is -0.468. The summed E-state index contributed by atoms with van der Waals surface area (Å²) in [6.45, 7) is 0.585. The Morgan fingerprint density at radius 3 is 2.68 bits per heavy atom. The average molecular weight is 445 g/mol. The van der Waals surface area contributed by atoms with Crippen molar-refractivity contribution in [2.24, 2.45) is 5.73 Å². The number of nitrogens with two attached hydrogens (primary N) is 1. The highest BCUT2D eigenvalue weighted by molar-refractivity contribution is 6.36. The van der Waals surface area contributed by atoms with E-state index in [0.29, 0.717) is 22.2 Å². The fourth-order valence-electron chi connectivity index (χ4n) is 3.98. The van der Waals surface area contributed by atoms with Gasteiger partial charge in [-0.1, -0.05) is 41.4 Å². The number of fused-ring (bicyclic) bond motifs is 3. The molecule has 0 aliphatic rings. The summed E-state index contributed by atoms with van der Waals surface area (Å²) < 4.78 is 2.15. The van der Waals surface area contributed by atoms with E-state index in [1.807, 2.05) is 48.7 Å². The number of amides is 1. The number of halogens is 2. The smallest absolute Gasteiger partial charge is 0.249 e. The standard InChI is InChI=1S/C25H16Cl2N3O/c26-17-7-9-18(21(27)12-17)16-6-8-19-23(11-16)30(14-15-3-2-10-29-13-15)22-5-1-4-20(24(19)22)25(28)31/h1-7,9-13H,14H2,(H2,28,31). The third-order valence-corrected chi connectivity index (χ3v) is 5.91. The van der Waals surface area contributed by atoms with Crippen LogP contribution in [-0.2, 0) is 6.54 Å². The molecule has 0 fully saturated rings. The number of aromatic nitrogens is 2. The van der Waals surface area contributed by atoms with Crippen molar-refractivity contribution in [1.82, 2.24) is 9.55 Å². The van der Waals surface area contributed by atoms with Crippen molar-refractivity contribution >= 4 is 50.9 Å². The minimum absolute atomic E-state index is 0.468. The number of carbonyl (C=O) groups is 1. The molecule has 31 heavy (non-hydrogen) atoms. The lowest BCUT2D eigenvalue weighted by Gasteiger charge is -2.10. The lowest BCUT2D eigenvalue weighted by Crippen LogP contribution is -2.11. The maximum Gasteiger partial charge on any atom is 0.249 e. The Hall–Kier alpha value is -3.34. The fourth-order valence-corrected chi connectivity index (χ4v) is 4.50. The first-order chi connectivity index (χ1) is 15.0. The van der Waals surface area contributed by atoms with Gasteiger partial charge in [0, 0.05) is 50.9 Å². The van der Waals surface area contributed by atoms with Crippen LogP contribution in [-0.4, -0.2) is 15.5 Å². The van der Waals surface area contributed by atoms with Crippen molar-refractivity contribution in [3.05, 3.63) is 100 Å². The molecule has 2 heterocycles. The lowest BCUT2D eigenvalue weighted by atomic mass is 10.0. The molecule has 3 aromatic carbocycles. The van der Waals surface area contributed by atoms with Gasteiger partial charge in [0.15, 0.2) is 0 Å². The van der Waals surface area contributed by atoms with Gasteiger partial charge in [-0.2, -0.15) is 0 Å². The van der Waals surface area contributed by atoms with Gasteiger partial charge in [0.2, 0.25) is 5.91 Å². The highest BCUT2D eigenvalue weighted by Crippen LogP contribution is 2.37. The summed E-state index contributed by atoms with van der Waals surface area (Å²) in [6, 6.07) is 22.2. The molecule has 1 radical (unpaired) electrons. The summed E-state index contributed by atoms with van der Waals surface area (Å²) in [7, 11) is 0. The molecule has 151 valence electrons. The highest BCUT2D eigenvalue weighted by Gasteiger charge is 2.18. The number of rotatable bonds is 4. The van der Waals surface area contributed by atoms with E-state index in [-0.39, 0.29) is 0 Å². The van der Waals surface area contributed by atoms with Gasteiger partial charge in [0.05, 0.1) is 11.0 Å². The average Bonchev–Trinajstić information content (AvgIpc) is 3.07. The minimum Gasteiger partial charge on any atom is -0.366 e. The SMILES string of the molecule is NC(=O)c1cccc2c1c1[c]cc(-c3ccc(Cl)cc3Cl)cc1n2Cc1cccnc1. The van der Waals surface area contributed by atoms with Crippen LogP contribution in [0.2, 0.25) is 10.0 Å². The van der Waals surface area contributed by atoms with E-state index >= 15 is 0 Å². The van der Waals surface area contributed by atoms with Crippen LogP contribution in [0.15, 0.2) is 73.1 Å². The Morgan fingerprint density at radius 2 is 1.94 bits per heavy atom. The van der Waals surface area contributed by atoms with Crippen LogP contribution < -0.4 is 5.73 Å². The Bertz CT molecular complexity index is 1460. The third-order valence-electron chi connectivity index (χ3n) is 5.37. The van der Waals surface area contributed by atoms with Gasteiger partial charge in [-0.05, 0) is 59.7 Å². The predicted octanol–water partition coefficient (Wildman–Crippen LogP) is 6.11. The zero-order valence-corrected chi connectivity index (χ0v) is 17.8. The van der Waals surface area contributed by atoms with E-state index in [1.54, 1.807) is 18.3 Å².